The molecule has 0 amide bonds. The highest BCUT2D eigenvalue weighted by Crippen LogP contribution is 2.36. The quantitative estimate of drug-likeness (QED) is 0.533. The number of nitrogens with zero attached hydrogens (tertiary/aromatic N) is 2. The first-order valence-electron chi connectivity index (χ1n) is 11.5. The maximum Gasteiger partial charge on any atom is 0.924 e. The van der Waals surface area contributed by atoms with Crippen LogP contribution in [0.1, 0.15) is 5.56 Å². The van der Waals surface area contributed by atoms with Crippen LogP contribution in [-0.2, 0) is 4.74 Å². The maximum absolute atomic E-state index is 16.2. The lowest BCUT2D eigenvalue weighted by Gasteiger charge is -2.21. The second kappa shape index (κ2) is 7.30. The predicted molar refractivity (Wildman–Crippen MR) is 131 cm³/mol. The molecule has 0 bridgehead atoms. The number of allylic oxidation sites excluding steroid dienone is 2. The van der Waals surface area contributed by atoms with Crippen LogP contribution >= 0.6 is 0 Å². The second-order valence-electron chi connectivity index (χ2n) is 8.92. The third-order valence-electron chi connectivity index (χ3n) is 6.93. The van der Waals surface area contributed by atoms with Crippen molar-refractivity contribution in [1.82, 2.24) is 4.49 Å². The van der Waals surface area contributed by atoms with Crippen LogP contribution < -0.4 is 24.7 Å². The van der Waals surface area contributed by atoms with Gasteiger partial charge < -0.3 is 27.3 Å². The van der Waals surface area contributed by atoms with Gasteiger partial charge in [-0.3, -0.25) is 8.97 Å². The number of furan rings is 1. The van der Waals surface area contributed by atoms with Crippen molar-refractivity contribution in [3.05, 3.63) is 101 Å². The van der Waals surface area contributed by atoms with Crippen molar-refractivity contribution in [3.8, 4) is 22.8 Å². The average molecular weight is 485 g/mol. The van der Waals surface area contributed by atoms with E-state index >= 15 is 8.63 Å². The number of benzene rings is 2. The van der Waals surface area contributed by atoms with Crippen molar-refractivity contribution >= 4 is 24.5 Å². The molecule has 0 saturated carbocycles. The van der Waals surface area contributed by atoms with Crippen LogP contribution in [0.25, 0.3) is 23.2 Å². The van der Waals surface area contributed by atoms with Crippen LogP contribution in [0.4, 0.5) is 8.63 Å². The first-order valence-corrected chi connectivity index (χ1v) is 11.5. The van der Waals surface area contributed by atoms with Gasteiger partial charge in [0.2, 0.25) is 16.9 Å². The van der Waals surface area contributed by atoms with Crippen LogP contribution in [0.3, 0.4) is 0 Å². The van der Waals surface area contributed by atoms with Crippen LogP contribution in [0.2, 0.25) is 0 Å². The van der Waals surface area contributed by atoms with Crippen molar-refractivity contribution in [2.45, 2.75) is 6.10 Å². The summed E-state index contributed by atoms with van der Waals surface area (Å²) in [4.78, 5) is 0. The van der Waals surface area contributed by atoms with Gasteiger partial charge in [-0.25, -0.2) is 0 Å². The van der Waals surface area contributed by atoms with Gasteiger partial charge in [0.15, 0.2) is 17.1 Å². The number of halogens is 2. The largest absolute Gasteiger partial charge is 0.924 e. The molecule has 0 saturated heterocycles. The molecule has 4 aliphatic rings. The third kappa shape index (κ3) is 2.89. The number of methoxy groups -OCH3 is 2. The Bertz CT molecular complexity index is 1700. The third-order valence-corrected chi connectivity index (χ3v) is 6.93. The Morgan fingerprint density at radius 3 is 2.14 bits per heavy atom. The number of hydrogen-bond donors (Lipinski definition) is 0. The molecule has 1 atom stereocenters. The Morgan fingerprint density at radius 1 is 0.806 bits per heavy atom. The van der Waals surface area contributed by atoms with E-state index in [1.807, 2.05) is 48.5 Å². The normalized spacial score (nSPS) is 20.4. The Balaban J connectivity index is 1.33. The summed E-state index contributed by atoms with van der Waals surface area (Å²) in [7, 11) is 3.18. The average Bonchev–Trinajstić information content (AvgIpc) is 3.62. The molecule has 4 aliphatic heterocycles. The van der Waals surface area contributed by atoms with E-state index in [9.17, 15) is 0 Å². The Kier molecular flexibility index (Phi) is 4.25. The molecule has 178 valence electrons. The van der Waals surface area contributed by atoms with E-state index in [2.05, 4.69) is 0 Å². The lowest BCUT2D eigenvalue weighted by Crippen LogP contribution is -2.59. The molecule has 0 aliphatic carbocycles. The van der Waals surface area contributed by atoms with Crippen LogP contribution in [-0.4, -0.2) is 37.5 Å². The molecule has 0 fully saturated rings. The van der Waals surface area contributed by atoms with Gasteiger partial charge in [0.25, 0.3) is 0 Å². The second-order valence-corrected chi connectivity index (χ2v) is 8.92. The fraction of sp³-hybridized carbons (Fsp3) is 0.111. The van der Waals surface area contributed by atoms with E-state index in [0.29, 0.717) is 50.9 Å². The highest BCUT2D eigenvalue weighted by molar-refractivity contribution is 6.58. The van der Waals surface area contributed by atoms with Gasteiger partial charge in [0.05, 0.1) is 32.4 Å². The molecule has 9 heteroatoms. The molecule has 3 aromatic rings. The summed E-state index contributed by atoms with van der Waals surface area (Å²) in [5.41, 5.74) is 3.24. The molecule has 1 unspecified atom stereocenters. The molecule has 0 radical (unpaired) electrons. The van der Waals surface area contributed by atoms with Crippen LogP contribution in [0.15, 0.2) is 88.6 Å². The summed E-state index contributed by atoms with van der Waals surface area (Å²) in [5, 5.41) is 0.346. The van der Waals surface area contributed by atoms with E-state index in [1.54, 1.807) is 44.6 Å². The van der Waals surface area contributed by atoms with Crippen LogP contribution in [0, 0.1) is 0 Å². The minimum Gasteiger partial charge on any atom is -0.497 e. The minimum absolute atomic E-state index is 0.346. The van der Waals surface area contributed by atoms with Gasteiger partial charge >= 0.3 is 6.97 Å². The van der Waals surface area contributed by atoms with E-state index in [1.165, 1.54) is 0 Å². The highest BCUT2D eigenvalue weighted by Gasteiger charge is 2.67. The standard InChI is InChI=1S/C27H20BF2N2O4/c1-33-20-7-3-16(4-8-20)24-14-22-26(35-24)12-18-11-19-13-27-23(32(19)28(29,30)31(18)22)15-25(36-27)17-5-9-21(34-2)10-6-17/h3-15,26H,1-2H3/q+1. The van der Waals surface area contributed by atoms with Gasteiger partial charge in [0.1, 0.15) is 23.0 Å². The number of fused-ring (bicyclic) bond motifs is 4. The zero-order valence-corrected chi connectivity index (χ0v) is 19.4. The minimum atomic E-state index is -4.19. The summed E-state index contributed by atoms with van der Waals surface area (Å²) in [6, 6.07) is 16.3. The summed E-state index contributed by atoms with van der Waals surface area (Å²) in [5.74, 6) is 2.49. The molecule has 0 spiro atoms. The van der Waals surface area contributed by atoms with E-state index in [-0.39, 0.29) is 0 Å². The lowest BCUT2D eigenvalue weighted by molar-refractivity contribution is -0.365. The SMILES string of the molecule is COc1ccc(C2=CC3=[N+]4C(=CC3O2)C=C2C=c3oc(-c5ccc(OC)cc5)cc3=[N+]2[B-]4(F)F)cc1. The number of ether oxygens (including phenoxy) is 3. The lowest BCUT2D eigenvalue weighted by atomic mass is 9.89. The van der Waals surface area contributed by atoms with Gasteiger partial charge in [-0.2, -0.15) is 0 Å². The number of hydrogen-bond acceptors (Lipinski definition) is 4. The van der Waals surface area contributed by atoms with Crippen molar-refractivity contribution in [2.75, 3.05) is 14.2 Å². The fourth-order valence-corrected chi connectivity index (χ4v) is 5.19. The first kappa shape index (κ1) is 20.9. The Hall–Kier alpha value is -4.40. The van der Waals surface area contributed by atoms with Crippen molar-refractivity contribution in [3.63, 3.8) is 0 Å². The van der Waals surface area contributed by atoms with E-state index < -0.39 is 13.1 Å². The number of rotatable bonds is 4. The zero-order valence-electron chi connectivity index (χ0n) is 19.4. The van der Waals surface area contributed by atoms with Gasteiger partial charge in [-0.15, -0.1) is 0 Å². The summed E-state index contributed by atoms with van der Waals surface area (Å²) in [6.45, 7) is -4.19. The molecule has 5 heterocycles. The molecule has 0 N–H and O–H groups in total. The first-order chi connectivity index (χ1) is 17.5. The maximum atomic E-state index is 16.2. The highest BCUT2D eigenvalue weighted by atomic mass is 19.2. The Labute approximate surface area is 204 Å². The smallest absolute Gasteiger partial charge is 0.497 e. The van der Waals surface area contributed by atoms with E-state index in [0.717, 1.165) is 20.1 Å². The summed E-state index contributed by atoms with van der Waals surface area (Å²) >= 11 is 0. The molecule has 1 aromatic heterocycles. The molecule has 7 rings (SSSR count). The molecule has 36 heavy (non-hydrogen) atoms. The van der Waals surface area contributed by atoms with Gasteiger partial charge in [-0.05, 0) is 48.5 Å². The Morgan fingerprint density at radius 2 is 1.47 bits per heavy atom. The molecular formula is C27H20BF2N2O4+. The monoisotopic (exact) mass is 485 g/mol. The molecular weight excluding hydrogens is 465 g/mol. The topological polar surface area (TPSA) is 46.9 Å². The van der Waals surface area contributed by atoms with Gasteiger partial charge in [-0.1, -0.05) is 0 Å². The molecule has 6 nitrogen and oxygen atoms in total. The summed E-state index contributed by atoms with van der Waals surface area (Å²) in [6.07, 6.45) is 6.27. The van der Waals surface area contributed by atoms with Gasteiger partial charge in [0, 0.05) is 23.3 Å². The van der Waals surface area contributed by atoms with E-state index in [4.69, 9.17) is 18.6 Å². The predicted octanol–water partition coefficient (Wildman–Crippen LogP) is 3.31. The molecule has 2 aromatic carbocycles. The van der Waals surface area contributed by atoms with Crippen molar-refractivity contribution < 1.29 is 31.7 Å². The van der Waals surface area contributed by atoms with Crippen molar-refractivity contribution in [1.29, 1.82) is 0 Å². The van der Waals surface area contributed by atoms with Crippen LogP contribution in [0.5, 0.6) is 11.5 Å². The summed E-state index contributed by atoms with van der Waals surface area (Å²) < 4.78 is 57.0. The van der Waals surface area contributed by atoms with Crippen molar-refractivity contribution in [2.24, 2.45) is 0 Å². The fourth-order valence-electron chi connectivity index (χ4n) is 5.19. The zero-order chi connectivity index (χ0) is 24.6.